The van der Waals surface area contributed by atoms with Crippen molar-refractivity contribution in [3.63, 3.8) is 0 Å². The zero-order chi connectivity index (χ0) is 16.8. The topological polar surface area (TPSA) is 15.3 Å². The van der Waals surface area contributed by atoms with Crippen LogP contribution < -0.4 is 5.32 Å². The molecule has 2 nitrogen and oxygen atoms in total. The second-order valence-corrected chi connectivity index (χ2v) is 6.78. The molecule has 0 saturated carbocycles. The number of hydrogen-bond acceptors (Lipinski definition) is 2. The Hall–Kier alpha value is -1.71. The summed E-state index contributed by atoms with van der Waals surface area (Å²) in [4.78, 5) is 2.11. The fourth-order valence-corrected chi connectivity index (χ4v) is 2.61. The predicted molar refractivity (Wildman–Crippen MR) is 95.8 cm³/mol. The van der Waals surface area contributed by atoms with Crippen LogP contribution in [0.5, 0.6) is 0 Å². The summed E-state index contributed by atoms with van der Waals surface area (Å²) >= 11 is 0. The number of rotatable bonds is 7. The average Bonchev–Trinajstić information content (AvgIpc) is 2.48. The normalized spacial score (nSPS) is 11.4. The van der Waals surface area contributed by atoms with Crippen LogP contribution in [0, 0.1) is 11.7 Å². The summed E-state index contributed by atoms with van der Waals surface area (Å²) in [6.07, 6.45) is 0. The van der Waals surface area contributed by atoms with E-state index in [1.807, 2.05) is 38.4 Å². The van der Waals surface area contributed by atoms with Gasteiger partial charge in [-0.1, -0.05) is 38.1 Å². The monoisotopic (exact) mass is 314 g/mol. The Morgan fingerprint density at radius 2 is 1.83 bits per heavy atom. The molecule has 3 heteroatoms. The summed E-state index contributed by atoms with van der Waals surface area (Å²) in [6, 6.07) is 13.5. The van der Waals surface area contributed by atoms with E-state index in [-0.39, 0.29) is 5.82 Å². The molecule has 2 aromatic rings. The molecule has 0 atom stereocenters. The van der Waals surface area contributed by atoms with Crippen LogP contribution in [0.4, 0.5) is 4.39 Å². The molecule has 2 rings (SSSR count). The van der Waals surface area contributed by atoms with Gasteiger partial charge in [-0.15, -0.1) is 0 Å². The number of benzene rings is 2. The lowest BCUT2D eigenvalue weighted by Gasteiger charge is -2.13. The SMILES string of the molecule is CC(C)CNCc1ccc(F)c(-c2cccc(CN(C)C)c2)c1. The number of hydrogen-bond donors (Lipinski definition) is 1. The third-order valence-electron chi connectivity index (χ3n) is 3.65. The average molecular weight is 314 g/mol. The van der Waals surface area contributed by atoms with Crippen LogP contribution in [0.15, 0.2) is 42.5 Å². The van der Waals surface area contributed by atoms with Crippen LogP contribution in [0.2, 0.25) is 0 Å². The first-order chi connectivity index (χ1) is 11.0. The van der Waals surface area contributed by atoms with Crippen molar-refractivity contribution >= 4 is 0 Å². The fraction of sp³-hybridized carbons (Fsp3) is 0.400. The third-order valence-corrected chi connectivity index (χ3v) is 3.65. The maximum absolute atomic E-state index is 14.3. The van der Waals surface area contributed by atoms with Crippen molar-refractivity contribution < 1.29 is 4.39 Å². The number of nitrogens with one attached hydrogen (secondary N) is 1. The van der Waals surface area contributed by atoms with Gasteiger partial charge in [0.05, 0.1) is 0 Å². The molecular formula is C20H27FN2. The van der Waals surface area contributed by atoms with Gasteiger partial charge in [-0.2, -0.15) is 0 Å². The van der Waals surface area contributed by atoms with Crippen molar-refractivity contribution in [3.8, 4) is 11.1 Å². The van der Waals surface area contributed by atoms with Crippen molar-refractivity contribution in [2.24, 2.45) is 5.92 Å². The van der Waals surface area contributed by atoms with Crippen LogP contribution >= 0.6 is 0 Å². The third kappa shape index (κ3) is 5.45. The summed E-state index contributed by atoms with van der Waals surface area (Å²) in [5.74, 6) is 0.442. The van der Waals surface area contributed by atoms with Gasteiger partial charge in [-0.25, -0.2) is 4.39 Å². The molecular weight excluding hydrogens is 287 g/mol. The van der Waals surface area contributed by atoms with Crippen molar-refractivity contribution in [1.29, 1.82) is 0 Å². The van der Waals surface area contributed by atoms with E-state index in [0.717, 1.165) is 30.8 Å². The quantitative estimate of drug-likeness (QED) is 0.819. The molecule has 124 valence electrons. The molecule has 0 amide bonds. The van der Waals surface area contributed by atoms with Gasteiger partial charge in [0.25, 0.3) is 0 Å². The highest BCUT2D eigenvalue weighted by molar-refractivity contribution is 5.65. The second kappa shape index (κ2) is 8.23. The Balaban J connectivity index is 2.21. The lowest BCUT2D eigenvalue weighted by molar-refractivity contribution is 0.402. The number of nitrogens with zero attached hydrogens (tertiary/aromatic N) is 1. The molecule has 0 saturated heterocycles. The molecule has 1 N–H and O–H groups in total. The van der Waals surface area contributed by atoms with Gasteiger partial charge in [0.15, 0.2) is 0 Å². The van der Waals surface area contributed by atoms with Gasteiger partial charge < -0.3 is 10.2 Å². The van der Waals surface area contributed by atoms with Crippen LogP contribution in [0.25, 0.3) is 11.1 Å². The lowest BCUT2D eigenvalue weighted by atomic mass is 10.00. The van der Waals surface area contributed by atoms with E-state index < -0.39 is 0 Å². The van der Waals surface area contributed by atoms with E-state index in [9.17, 15) is 4.39 Å². The fourth-order valence-electron chi connectivity index (χ4n) is 2.61. The standard InChI is InChI=1S/C20H27FN2/c1-15(2)12-22-13-16-8-9-20(21)19(11-16)18-7-5-6-17(10-18)14-23(3)4/h5-11,15,22H,12-14H2,1-4H3. The van der Waals surface area contributed by atoms with Gasteiger partial charge in [-0.3, -0.25) is 0 Å². The second-order valence-electron chi connectivity index (χ2n) is 6.78. The van der Waals surface area contributed by atoms with E-state index in [1.54, 1.807) is 6.07 Å². The molecule has 0 bridgehead atoms. The first kappa shape index (κ1) is 17.6. The Kier molecular flexibility index (Phi) is 6.31. The zero-order valence-electron chi connectivity index (χ0n) is 14.6. The Morgan fingerprint density at radius 3 is 2.52 bits per heavy atom. The minimum absolute atomic E-state index is 0.167. The first-order valence-electron chi connectivity index (χ1n) is 8.19. The molecule has 0 spiro atoms. The first-order valence-corrected chi connectivity index (χ1v) is 8.19. The molecule has 0 radical (unpaired) electrons. The Labute approximate surface area is 139 Å². The van der Waals surface area contributed by atoms with Gasteiger partial charge in [-0.05, 0) is 61.4 Å². The lowest BCUT2D eigenvalue weighted by Crippen LogP contribution is -2.18. The summed E-state index contributed by atoms with van der Waals surface area (Å²) in [5.41, 5.74) is 3.91. The van der Waals surface area contributed by atoms with E-state index in [4.69, 9.17) is 0 Å². The van der Waals surface area contributed by atoms with Gasteiger partial charge in [0, 0.05) is 18.7 Å². The highest BCUT2D eigenvalue weighted by atomic mass is 19.1. The molecule has 0 heterocycles. The molecule has 0 unspecified atom stereocenters. The van der Waals surface area contributed by atoms with Crippen molar-refractivity contribution in [2.45, 2.75) is 26.9 Å². The van der Waals surface area contributed by atoms with Crippen LogP contribution in [0.1, 0.15) is 25.0 Å². The predicted octanol–water partition coefficient (Wildman–Crippen LogP) is 4.30. The van der Waals surface area contributed by atoms with Crippen LogP contribution in [-0.4, -0.2) is 25.5 Å². The molecule has 0 aliphatic carbocycles. The van der Waals surface area contributed by atoms with Gasteiger partial charge in [0.2, 0.25) is 0 Å². The number of halogens is 1. The summed E-state index contributed by atoms with van der Waals surface area (Å²) in [5, 5.41) is 3.41. The molecule has 0 fully saturated rings. The van der Waals surface area contributed by atoms with E-state index in [0.29, 0.717) is 11.5 Å². The maximum Gasteiger partial charge on any atom is 0.131 e. The van der Waals surface area contributed by atoms with Crippen molar-refractivity contribution in [2.75, 3.05) is 20.6 Å². The highest BCUT2D eigenvalue weighted by Crippen LogP contribution is 2.25. The van der Waals surface area contributed by atoms with Gasteiger partial charge >= 0.3 is 0 Å². The van der Waals surface area contributed by atoms with Crippen molar-refractivity contribution in [3.05, 3.63) is 59.4 Å². The highest BCUT2D eigenvalue weighted by Gasteiger charge is 2.08. The summed E-state index contributed by atoms with van der Waals surface area (Å²) in [7, 11) is 4.07. The van der Waals surface area contributed by atoms with Crippen LogP contribution in [0.3, 0.4) is 0 Å². The van der Waals surface area contributed by atoms with E-state index in [1.165, 1.54) is 5.56 Å². The summed E-state index contributed by atoms with van der Waals surface area (Å²) < 4.78 is 14.3. The molecule has 2 aromatic carbocycles. The smallest absolute Gasteiger partial charge is 0.131 e. The van der Waals surface area contributed by atoms with Gasteiger partial charge in [0.1, 0.15) is 5.82 Å². The van der Waals surface area contributed by atoms with E-state index >= 15 is 0 Å². The molecule has 0 aliphatic heterocycles. The largest absolute Gasteiger partial charge is 0.312 e. The molecule has 0 aliphatic rings. The maximum atomic E-state index is 14.3. The minimum atomic E-state index is -0.167. The molecule has 0 aromatic heterocycles. The van der Waals surface area contributed by atoms with Crippen LogP contribution in [-0.2, 0) is 13.1 Å². The van der Waals surface area contributed by atoms with E-state index in [2.05, 4.69) is 36.2 Å². The minimum Gasteiger partial charge on any atom is -0.312 e. The zero-order valence-corrected chi connectivity index (χ0v) is 14.6. The molecule has 23 heavy (non-hydrogen) atoms. The Morgan fingerprint density at radius 1 is 1.04 bits per heavy atom. The Bertz CT molecular complexity index is 635. The van der Waals surface area contributed by atoms with Crippen molar-refractivity contribution in [1.82, 2.24) is 10.2 Å². The summed E-state index contributed by atoms with van der Waals surface area (Å²) in [6.45, 7) is 6.94.